The molecule has 3 rings (SSSR count). The highest BCUT2D eigenvalue weighted by molar-refractivity contribution is 9.10. The Labute approximate surface area is 136 Å². The molecule has 0 saturated carbocycles. The first-order chi connectivity index (χ1) is 10.2. The lowest BCUT2D eigenvalue weighted by atomic mass is 9.98. The molecule has 1 atom stereocenters. The Hall–Kier alpha value is -0.780. The normalized spacial score (nSPS) is 17.8. The van der Waals surface area contributed by atoms with Crippen molar-refractivity contribution in [3.63, 3.8) is 0 Å². The number of thiazole rings is 1. The first-order valence-electron chi connectivity index (χ1n) is 7.38. The second kappa shape index (κ2) is 6.55. The van der Waals surface area contributed by atoms with E-state index in [2.05, 4.69) is 28.2 Å². The molecule has 1 aliphatic carbocycles. The molecule has 0 saturated heterocycles. The highest BCUT2D eigenvalue weighted by Gasteiger charge is 2.25. The van der Waals surface area contributed by atoms with E-state index in [1.807, 2.05) is 6.07 Å². The average Bonchev–Trinajstić information content (AvgIpc) is 2.89. The zero-order valence-corrected chi connectivity index (χ0v) is 14.4. The summed E-state index contributed by atoms with van der Waals surface area (Å²) in [6.45, 7) is 3.19. The molecule has 0 fully saturated rings. The number of fused-ring (bicyclic) bond motifs is 1. The van der Waals surface area contributed by atoms with E-state index >= 15 is 0 Å². The molecule has 1 aromatic carbocycles. The summed E-state index contributed by atoms with van der Waals surface area (Å²) in [6, 6.07) is 5.45. The fourth-order valence-electron chi connectivity index (χ4n) is 2.74. The summed E-state index contributed by atoms with van der Waals surface area (Å²) in [7, 11) is 0. The van der Waals surface area contributed by atoms with Crippen LogP contribution < -0.4 is 5.32 Å². The fourth-order valence-corrected chi connectivity index (χ4v) is 4.69. The lowest BCUT2D eigenvalue weighted by Gasteiger charge is -2.22. The summed E-state index contributed by atoms with van der Waals surface area (Å²) in [5, 5.41) is 4.37. The van der Waals surface area contributed by atoms with Gasteiger partial charge in [0.2, 0.25) is 0 Å². The molecule has 21 heavy (non-hydrogen) atoms. The lowest BCUT2D eigenvalue weighted by molar-refractivity contribution is 0.465. The topological polar surface area (TPSA) is 24.9 Å². The van der Waals surface area contributed by atoms with E-state index in [0.717, 1.165) is 47.4 Å². The summed E-state index contributed by atoms with van der Waals surface area (Å²) < 4.78 is 14.9. The lowest BCUT2D eigenvalue weighted by Crippen LogP contribution is -2.24. The van der Waals surface area contributed by atoms with Crippen LogP contribution in [0.3, 0.4) is 0 Å². The van der Waals surface area contributed by atoms with Crippen LogP contribution in [0.15, 0.2) is 22.7 Å². The molecule has 2 aromatic rings. The summed E-state index contributed by atoms with van der Waals surface area (Å²) in [5.74, 6) is -0.214. The van der Waals surface area contributed by atoms with Crippen molar-refractivity contribution in [1.29, 1.82) is 0 Å². The fraction of sp³-hybridized carbons (Fsp3) is 0.438. The third kappa shape index (κ3) is 3.05. The standard InChI is InChI=1S/C16H18BrFN2S/c1-2-9-19-12-7-4-8-13-15(12)21-16(20-13)14-10(17)5-3-6-11(14)18/h3,5-6,12,19H,2,4,7-9H2,1H3. The van der Waals surface area contributed by atoms with Crippen LogP contribution >= 0.6 is 27.3 Å². The van der Waals surface area contributed by atoms with E-state index < -0.39 is 0 Å². The minimum Gasteiger partial charge on any atom is -0.309 e. The van der Waals surface area contributed by atoms with Gasteiger partial charge in [0.05, 0.1) is 11.3 Å². The molecule has 2 nitrogen and oxygen atoms in total. The van der Waals surface area contributed by atoms with Crippen molar-refractivity contribution in [3.8, 4) is 10.6 Å². The largest absolute Gasteiger partial charge is 0.309 e. The number of rotatable bonds is 4. The number of halogens is 2. The Morgan fingerprint density at radius 3 is 3.10 bits per heavy atom. The van der Waals surface area contributed by atoms with Crippen molar-refractivity contribution in [2.24, 2.45) is 0 Å². The van der Waals surface area contributed by atoms with Gasteiger partial charge in [-0.05, 0) is 60.3 Å². The zero-order valence-electron chi connectivity index (χ0n) is 12.0. The van der Waals surface area contributed by atoms with Gasteiger partial charge in [0, 0.05) is 15.4 Å². The zero-order chi connectivity index (χ0) is 14.8. The van der Waals surface area contributed by atoms with Crippen molar-refractivity contribution < 1.29 is 4.39 Å². The average molecular weight is 369 g/mol. The van der Waals surface area contributed by atoms with Crippen molar-refractivity contribution in [2.45, 2.75) is 38.6 Å². The molecule has 0 aliphatic heterocycles. The second-order valence-corrected chi connectivity index (χ2v) is 7.21. The van der Waals surface area contributed by atoms with Crippen molar-refractivity contribution in [2.75, 3.05) is 6.54 Å². The van der Waals surface area contributed by atoms with Crippen molar-refractivity contribution >= 4 is 27.3 Å². The highest BCUT2D eigenvalue weighted by atomic mass is 79.9. The minimum atomic E-state index is -0.214. The molecule has 1 N–H and O–H groups in total. The molecule has 5 heteroatoms. The molecule has 1 unspecified atom stereocenters. The number of nitrogens with zero attached hydrogens (tertiary/aromatic N) is 1. The Morgan fingerprint density at radius 2 is 2.33 bits per heavy atom. The smallest absolute Gasteiger partial charge is 0.134 e. The summed E-state index contributed by atoms with van der Waals surface area (Å²) in [4.78, 5) is 6.00. The summed E-state index contributed by atoms with van der Waals surface area (Å²) in [5.41, 5.74) is 1.73. The molecule has 0 amide bonds. The quantitative estimate of drug-likeness (QED) is 0.812. The molecule has 1 heterocycles. The third-order valence-corrected chi connectivity index (χ3v) is 5.66. The van der Waals surface area contributed by atoms with Crippen LogP contribution in [0.2, 0.25) is 0 Å². The van der Waals surface area contributed by atoms with Crippen LogP contribution in [0.25, 0.3) is 10.6 Å². The van der Waals surface area contributed by atoms with E-state index in [1.165, 1.54) is 10.9 Å². The molecular weight excluding hydrogens is 351 g/mol. The van der Waals surface area contributed by atoms with E-state index in [4.69, 9.17) is 4.98 Å². The molecule has 0 bridgehead atoms. The number of aryl methyl sites for hydroxylation is 1. The SMILES string of the molecule is CCCNC1CCCc2nc(-c3c(F)cccc3Br)sc21. The van der Waals surface area contributed by atoms with Crippen LogP contribution in [-0.4, -0.2) is 11.5 Å². The van der Waals surface area contributed by atoms with Gasteiger partial charge >= 0.3 is 0 Å². The van der Waals surface area contributed by atoms with Gasteiger partial charge in [-0.3, -0.25) is 0 Å². The van der Waals surface area contributed by atoms with Crippen LogP contribution in [0.4, 0.5) is 4.39 Å². The predicted molar refractivity (Wildman–Crippen MR) is 89.2 cm³/mol. The molecule has 1 aromatic heterocycles. The number of nitrogens with one attached hydrogen (secondary N) is 1. The van der Waals surface area contributed by atoms with Crippen LogP contribution in [0.1, 0.15) is 42.8 Å². The van der Waals surface area contributed by atoms with Gasteiger partial charge in [0.25, 0.3) is 0 Å². The molecule has 0 radical (unpaired) electrons. The van der Waals surface area contributed by atoms with E-state index in [0.29, 0.717) is 11.6 Å². The van der Waals surface area contributed by atoms with Gasteiger partial charge < -0.3 is 5.32 Å². The van der Waals surface area contributed by atoms with E-state index in [-0.39, 0.29) is 5.82 Å². The van der Waals surface area contributed by atoms with Crippen molar-refractivity contribution in [3.05, 3.63) is 39.1 Å². The third-order valence-electron chi connectivity index (χ3n) is 3.77. The van der Waals surface area contributed by atoms with Gasteiger partial charge in [-0.25, -0.2) is 9.37 Å². The Balaban J connectivity index is 1.98. The predicted octanol–water partition coefficient (Wildman–Crippen LogP) is 5.09. The maximum Gasteiger partial charge on any atom is 0.134 e. The number of benzene rings is 1. The number of aromatic nitrogens is 1. The summed E-state index contributed by atoms with van der Waals surface area (Å²) in [6.07, 6.45) is 4.42. The Morgan fingerprint density at radius 1 is 1.48 bits per heavy atom. The summed E-state index contributed by atoms with van der Waals surface area (Å²) >= 11 is 5.08. The molecule has 0 spiro atoms. The second-order valence-electron chi connectivity index (χ2n) is 5.33. The maximum absolute atomic E-state index is 14.1. The van der Waals surface area contributed by atoms with Gasteiger partial charge in [0.1, 0.15) is 10.8 Å². The van der Waals surface area contributed by atoms with Crippen molar-refractivity contribution in [1.82, 2.24) is 10.3 Å². The van der Waals surface area contributed by atoms with Gasteiger partial charge in [-0.2, -0.15) is 0 Å². The van der Waals surface area contributed by atoms with Gasteiger partial charge in [-0.15, -0.1) is 11.3 Å². The Kier molecular flexibility index (Phi) is 4.72. The number of hydrogen-bond donors (Lipinski definition) is 1. The van der Waals surface area contributed by atoms with Crippen LogP contribution in [-0.2, 0) is 6.42 Å². The molecule has 112 valence electrons. The number of hydrogen-bond acceptors (Lipinski definition) is 3. The minimum absolute atomic E-state index is 0.214. The monoisotopic (exact) mass is 368 g/mol. The van der Waals surface area contributed by atoms with E-state index in [1.54, 1.807) is 17.4 Å². The van der Waals surface area contributed by atoms with E-state index in [9.17, 15) is 4.39 Å². The maximum atomic E-state index is 14.1. The first kappa shape index (κ1) is 15.1. The van der Waals surface area contributed by atoms with Gasteiger partial charge in [0.15, 0.2) is 0 Å². The van der Waals surface area contributed by atoms with Gasteiger partial charge in [-0.1, -0.05) is 13.0 Å². The van der Waals surface area contributed by atoms with Crippen LogP contribution in [0, 0.1) is 5.82 Å². The Bertz CT molecular complexity index is 621. The molecular formula is C16H18BrFN2S. The first-order valence-corrected chi connectivity index (χ1v) is 8.99. The molecule has 1 aliphatic rings. The highest BCUT2D eigenvalue weighted by Crippen LogP contribution is 2.40. The van der Waals surface area contributed by atoms with Crippen LogP contribution in [0.5, 0.6) is 0 Å².